The van der Waals surface area contributed by atoms with Crippen LogP contribution >= 0.6 is 0 Å². The van der Waals surface area contributed by atoms with Crippen LogP contribution in [0.25, 0.3) is 0 Å². The quantitative estimate of drug-likeness (QED) is 0.816. The summed E-state index contributed by atoms with van der Waals surface area (Å²) in [6.07, 6.45) is 0.661. The van der Waals surface area contributed by atoms with Crippen molar-refractivity contribution in [2.24, 2.45) is 5.92 Å². The molecule has 0 aromatic heterocycles. The summed E-state index contributed by atoms with van der Waals surface area (Å²) in [5, 5.41) is 8.69. The van der Waals surface area contributed by atoms with Gasteiger partial charge in [0.15, 0.2) is 0 Å². The second-order valence-electron chi connectivity index (χ2n) is 5.41. The van der Waals surface area contributed by atoms with E-state index in [1.165, 1.54) is 4.31 Å². The van der Waals surface area contributed by atoms with Crippen LogP contribution in [0.4, 0.5) is 0 Å². The minimum Gasteiger partial charge on any atom is -0.384 e. The number of benzene rings is 1. The van der Waals surface area contributed by atoms with Crippen LogP contribution in [-0.4, -0.2) is 37.2 Å². The van der Waals surface area contributed by atoms with Gasteiger partial charge in [-0.2, -0.15) is 0 Å². The Bertz CT molecular complexity index is 612. The topological polar surface area (TPSA) is 57.6 Å². The van der Waals surface area contributed by atoms with Crippen LogP contribution in [0.1, 0.15) is 31.4 Å². The molecule has 0 saturated carbocycles. The van der Waals surface area contributed by atoms with Crippen molar-refractivity contribution in [3.63, 3.8) is 0 Å². The summed E-state index contributed by atoms with van der Waals surface area (Å²) in [6.45, 7) is 4.17. The van der Waals surface area contributed by atoms with Crippen LogP contribution in [0.15, 0.2) is 24.3 Å². The highest BCUT2D eigenvalue weighted by Crippen LogP contribution is 2.12. The highest BCUT2D eigenvalue weighted by Gasteiger charge is 2.18. The average molecular weight is 309 g/mol. The molecule has 1 rings (SSSR count). The zero-order valence-electron chi connectivity index (χ0n) is 12.8. The summed E-state index contributed by atoms with van der Waals surface area (Å²) < 4.78 is 25.7. The van der Waals surface area contributed by atoms with Gasteiger partial charge in [0.2, 0.25) is 10.0 Å². The third kappa shape index (κ3) is 6.30. The maximum Gasteiger partial charge on any atom is 0.214 e. The van der Waals surface area contributed by atoms with Gasteiger partial charge in [0.1, 0.15) is 6.61 Å². The number of aliphatic hydroxyl groups is 1. The molecule has 0 radical (unpaired) electrons. The van der Waals surface area contributed by atoms with Crippen molar-refractivity contribution in [2.75, 3.05) is 19.4 Å². The third-order valence-corrected chi connectivity index (χ3v) is 4.90. The van der Waals surface area contributed by atoms with Crippen molar-refractivity contribution >= 4 is 10.0 Å². The minimum absolute atomic E-state index is 0.172. The third-order valence-electron chi connectivity index (χ3n) is 3.07. The summed E-state index contributed by atoms with van der Waals surface area (Å²) in [4.78, 5) is 0. The lowest BCUT2D eigenvalue weighted by Crippen LogP contribution is -2.29. The average Bonchev–Trinajstić information content (AvgIpc) is 2.43. The normalized spacial score (nSPS) is 11.5. The fourth-order valence-corrected chi connectivity index (χ4v) is 3.21. The van der Waals surface area contributed by atoms with Gasteiger partial charge in [-0.05, 0) is 30.0 Å². The molecule has 0 aliphatic heterocycles. The molecule has 1 aromatic rings. The first-order valence-corrected chi connectivity index (χ1v) is 8.58. The molecule has 4 nitrogen and oxygen atoms in total. The van der Waals surface area contributed by atoms with E-state index in [0.717, 1.165) is 11.1 Å². The van der Waals surface area contributed by atoms with Crippen molar-refractivity contribution in [1.29, 1.82) is 0 Å². The Morgan fingerprint density at radius 3 is 2.67 bits per heavy atom. The molecule has 0 unspecified atom stereocenters. The molecule has 0 bridgehead atoms. The summed E-state index contributed by atoms with van der Waals surface area (Å²) in [5.41, 5.74) is 1.66. The van der Waals surface area contributed by atoms with Crippen molar-refractivity contribution in [2.45, 2.75) is 26.8 Å². The van der Waals surface area contributed by atoms with E-state index in [1.54, 1.807) is 7.05 Å². The second-order valence-corrected chi connectivity index (χ2v) is 7.61. The Hall–Kier alpha value is -1.35. The van der Waals surface area contributed by atoms with E-state index in [-0.39, 0.29) is 12.4 Å². The number of aliphatic hydroxyl groups excluding tert-OH is 1. The lowest BCUT2D eigenvalue weighted by molar-refractivity contribution is 0.350. The van der Waals surface area contributed by atoms with Gasteiger partial charge in [0.25, 0.3) is 0 Å². The van der Waals surface area contributed by atoms with Gasteiger partial charge in [-0.15, -0.1) is 0 Å². The van der Waals surface area contributed by atoms with E-state index in [2.05, 4.69) is 11.8 Å². The summed E-state index contributed by atoms with van der Waals surface area (Å²) in [6, 6.07) is 7.39. The van der Waals surface area contributed by atoms with Crippen LogP contribution < -0.4 is 0 Å². The van der Waals surface area contributed by atoms with Crippen molar-refractivity contribution < 1.29 is 13.5 Å². The molecule has 0 atom stereocenters. The highest BCUT2D eigenvalue weighted by atomic mass is 32.2. The van der Waals surface area contributed by atoms with Crippen LogP contribution in [-0.2, 0) is 16.6 Å². The first kappa shape index (κ1) is 17.7. The maximum absolute atomic E-state index is 12.2. The molecule has 0 aliphatic carbocycles. The van der Waals surface area contributed by atoms with Crippen molar-refractivity contribution in [1.82, 2.24) is 4.31 Å². The van der Waals surface area contributed by atoms with Gasteiger partial charge in [-0.3, -0.25) is 0 Å². The predicted molar refractivity (Wildman–Crippen MR) is 85.1 cm³/mol. The molecule has 21 heavy (non-hydrogen) atoms. The van der Waals surface area contributed by atoms with Gasteiger partial charge in [0, 0.05) is 19.2 Å². The SMILES string of the molecule is CC(C)CCS(=O)(=O)N(C)Cc1cccc(C#CCO)c1. The molecule has 5 heteroatoms. The van der Waals surface area contributed by atoms with Gasteiger partial charge in [0.05, 0.1) is 5.75 Å². The summed E-state index contributed by atoms with van der Waals surface area (Å²) in [5.74, 6) is 5.94. The molecule has 0 aliphatic rings. The molecule has 0 amide bonds. The molecular weight excluding hydrogens is 286 g/mol. The Kier molecular flexibility index (Phi) is 6.90. The van der Waals surface area contributed by atoms with E-state index in [1.807, 2.05) is 38.1 Å². The molecule has 0 spiro atoms. The van der Waals surface area contributed by atoms with Gasteiger partial charge in [-0.25, -0.2) is 12.7 Å². The Morgan fingerprint density at radius 1 is 1.33 bits per heavy atom. The second kappa shape index (κ2) is 8.18. The van der Waals surface area contributed by atoms with Crippen LogP contribution in [0.5, 0.6) is 0 Å². The predicted octanol–water partition coefficient (Wildman–Crippen LogP) is 1.84. The maximum atomic E-state index is 12.2. The standard InChI is InChI=1S/C16H23NO3S/c1-14(2)9-11-21(19,20)17(3)13-16-7-4-6-15(12-16)8-5-10-18/h4,6-7,12,14,18H,9-11,13H2,1-3H3. The van der Waals surface area contributed by atoms with E-state index in [0.29, 0.717) is 18.9 Å². The molecule has 116 valence electrons. The molecule has 0 fully saturated rings. The van der Waals surface area contributed by atoms with Gasteiger partial charge >= 0.3 is 0 Å². The Labute approximate surface area is 127 Å². The Morgan fingerprint density at radius 2 is 2.05 bits per heavy atom. The van der Waals surface area contributed by atoms with E-state index in [4.69, 9.17) is 5.11 Å². The smallest absolute Gasteiger partial charge is 0.214 e. The number of hydrogen-bond donors (Lipinski definition) is 1. The zero-order valence-corrected chi connectivity index (χ0v) is 13.7. The monoisotopic (exact) mass is 309 g/mol. The number of hydrogen-bond acceptors (Lipinski definition) is 3. The first-order chi connectivity index (χ1) is 9.85. The van der Waals surface area contributed by atoms with E-state index < -0.39 is 10.0 Å². The molecular formula is C16H23NO3S. The molecule has 0 saturated heterocycles. The number of rotatable bonds is 6. The molecule has 0 heterocycles. The van der Waals surface area contributed by atoms with Crippen molar-refractivity contribution in [3.8, 4) is 11.8 Å². The van der Waals surface area contributed by atoms with Crippen LogP contribution in [0, 0.1) is 17.8 Å². The zero-order chi connectivity index (χ0) is 15.9. The molecule has 1 N–H and O–H groups in total. The fourth-order valence-electron chi connectivity index (χ4n) is 1.78. The largest absolute Gasteiger partial charge is 0.384 e. The minimum atomic E-state index is -3.23. The summed E-state index contributed by atoms with van der Waals surface area (Å²) >= 11 is 0. The van der Waals surface area contributed by atoms with Crippen LogP contribution in [0.3, 0.4) is 0 Å². The first-order valence-electron chi connectivity index (χ1n) is 6.98. The Balaban J connectivity index is 2.76. The number of sulfonamides is 1. The van der Waals surface area contributed by atoms with E-state index >= 15 is 0 Å². The van der Waals surface area contributed by atoms with Crippen molar-refractivity contribution in [3.05, 3.63) is 35.4 Å². The lowest BCUT2D eigenvalue weighted by atomic mass is 10.1. The lowest BCUT2D eigenvalue weighted by Gasteiger charge is -2.18. The van der Waals surface area contributed by atoms with Crippen LogP contribution in [0.2, 0.25) is 0 Å². The van der Waals surface area contributed by atoms with Gasteiger partial charge < -0.3 is 5.11 Å². The molecule has 1 aromatic carbocycles. The fraction of sp³-hybridized carbons (Fsp3) is 0.500. The number of nitrogens with zero attached hydrogens (tertiary/aromatic N) is 1. The van der Waals surface area contributed by atoms with Gasteiger partial charge in [-0.1, -0.05) is 37.8 Å². The van der Waals surface area contributed by atoms with E-state index in [9.17, 15) is 8.42 Å². The summed E-state index contributed by atoms with van der Waals surface area (Å²) in [7, 11) is -1.63. The highest BCUT2D eigenvalue weighted by molar-refractivity contribution is 7.89.